The fourth-order valence-electron chi connectivity index (χ4n) is 3.32. The van der Waals surface area contributed by atoms with Crippen molar-refractivity contribution in [1.82, 2.24) is 9.21 Å². The van der Waals surface area contributed by atoms with Crippen LogP contribution in [0.3, 0.4) is 0 Å². The zero-order valence-corrected chi connectivity index (χ0v) is 21.4. The number of aryl methyl sites for hydroxylation is 1. The second kappa shape index (κ2) is 11.2. The molecule has 1 aromatic heterocycles. The third kappa shape index (κ3) is 6.28. The van der Waals surface area contributed by atoms with Crippen molar-refractivity contribution in [2.24, 2.45) is 0 Å². The molecule has 0 bridgehead atoms. The lowest BCUT2D eigenvalue weighted by Crippen LogP contribution is -2.42. The summed E-state index contributed by atoms with van der Waals surface area (Å²) in [4.78, 5) is 16.5. The van der Waals surface area contributed by atoms with Crippen LogP contribution >= 0.6 is 27.3 Å². The Hall–Kier alpha value is -2.00. The molecule has 0 fully saturated rings. The predicted octanol–water partition coefficient (Wildman–Crippen LogP) is 5.45. The van der Waals surface area contributed by atoms with Crippen LogP contribution in [-0.2, 0) is 27.9 Å². The average molecular weight is 536 g/mol. The maximum Gasteiger partial charge on any atom is 0.243 e. The summed E-state index contributed by atoms with van der Waals surface area (Å²) in [5.41, 5.74) is 2.14. The largest absolute Gasteiger partial charge is 0.332 e. The van der Waals surface area contributed by atoms with E-state index in [0.717, 1.165) is 20.5 Å². The van der Waals surface area contributed by atoms with Crippen LogP contribution in [0.2, 0.25) is 0 Å². The number of hydrogen-bond acceptors (Lipinski definition) is 4. The van der Waals surface area contributed by atoms with Gasteiger partial charge in [0.25, 0.3) is 0 Å². The number of carbonyl (C=O) groups excluding carboxylic acids is 1. The molecule has 0 saturated heterocycles. The Labute approximate surface area is 202 Å². The number of hydrogen-bond donors (Lipinski definition) is 0. The maximum atomic E-state index is 13.4. The Kier molecular flexibility index (Phi) is 8.64. The molecule has 0 aliphatic rings. The molecule has 170 valence electrons. The molecule has 0 spiro atoms. The Morgan fingerprint density at radius 2 is 1.69 bits per heavy atom. The van der Waals surface area contributed by atoms with Crippen molar-refractivity contribution in [2.45, 2.75) is 38.3 Å². The Balaban J connectivity index is 1.85. The maximum absolute atomic E-state index is 13.4. The highest BCUT2D eigenvalue weighted by Gasteiger charge is 2.28. The molecule has 0 N–H and O–H groups in total. The summed E-state index contributed by atoms with van der Waals surface area (Å²) >= 11 is 4.95. The second-order valence-corrected chi connectivity index (χ2v) is 11.4. The van der Waals surface area contributed by atoms with Crippen LogP contribution in [0.5, 0.6) is 0 Å². The highest BCUT2D eigenvalue weighted by atomic mass is 79.9. The van der Waals surface area contributed by atoms with Gasteiger partial charge < -0.3 is 4.90 Å². The van der Waals surface area contributed by atoms with Crippen LogP contribution < -0.4 is 0 Å². The Morgan fingerprint density at radius 3 is 2.28 bits per heavy atom. The molecule has 1 amide bonds. The quantitative estimate of drug-likeness (QED) is 0.347. The van der Waals surface area contributed by atoms with Gasteiger partial charge in [-0.3, -0.25) is 4.79 Å². The smallest absolute Gasteiger partial charge is 0.243 e. The van der Waals surface area contributed by atoms with Crippen LogP contribution in [0, 0.1) is 6.92 Å². The summed E-state index contributed by atoms with van der Waals surface area (Å²) in [5.74, 6) is -0.212. The number of amides is 1. The molecule has 1 heterocycles. The second-order valence-electron chi connectivity index (χ2n) is 7.55. The van der Waals surface area contributed by atoms with Crippen LogP contribution in [0.15, 0.2) is 75.4 Å². The van der Waals surface area contributed by atoms with E-state index in [2.05, 4.69) is 15.9 Å². The van der Waals surface area contributed by atoms with Gasteiger partial charge in [-0.25, -0.2) is 8.42 Å². The van der Waals surface area contributed by atoms with E-state index in [9.17, 15) is 13.2 Å². The van der Waals surface area contributed by atoms with E-state index in [1.807, 2.05) is 55.6 Å². The van der Waals surface area contributed by atoms with Gasteiger partial charge in [-0.2, -0.15) is 4.31 Å². The van der Waals surface area contributed by atoms with Gasteiger partial charge in [0.1, 0.15) is 0 Å². The van der Waals surface area contributed by atoms with Crippen molar-refractivity contribution in [3.8, 4) is 0 Å². The van der Waals surface area contributed by atoms with Crippen LogP contribution in [0.4, 0.5) is 0 Å². The average Bonchev–Trinajstić information content (AvgIpc) is 3.18. The van der Waals surface area contributed by atoms with Crippen molar-refractivity contribution < 1.29 is 13.2 Å². The summed E-state index contributed by atoms with van der Waals surface area (Å²) in [6.07, 6.45) is 0.617. The van der Waals surface area contributed by atoms with E-state index in [-0.39, 0.29) is 23.9 Å². The number of rotatable bonds is 10. The Bertz CT molecular complexity index is 1130. The van der Waals surface area contributed by atoms with Gasteiger partial charge in [0.2, 0.25) is 15.9 Å². The van der Waals surface area contributed by atoms with Crippen LogP contribution in [0.25, 0.3) is 0 Å². The lowest BCUT2D eigenvalue weighted by Gasteiger charge is -2.27. The minimum atomic E-state index is -3.78. The number of carbonyl (C=O) groups is 1. The van der Waals surface area contributed by atoms with Crippen LogP contribution in [-0.4, -0.2) is 36.6 Å². The molecule has 3 aromatic rings. The van der Waals surface area contributed by atoms with Crippen molar-refractivity contribution in [2.75, 3.05) is 13.1 Å². The fraction of sp³-hybridized carbons (Fsp3) is 0.292. The SMILES string of the molecule is CCCN(CC(=O)N(Cc1ccccc1)Cc1sccc1C)S(=O)(=O)c1ccc(Br)cc1. The minimum Gasteiger partial charge on any atom is -0.332 e. The first kappa shape index (κ1) is 24.6. The van der Waals surface area contributed by atoms with Crippen molar-refractivity contribution in [3.63, 3.8) is 0 Å². The minimum absolute atomic E-state index is 0.186. The molecule has 3 rings (SSSR count). The first-order chi connectivity index (χ1) is 15.3. The summed E-state index contributed by atoms with van der Waals surface area (Å²) in [7, 11) is -3.78. The molecule has 0 aliphatic heterocycles. The lowest BCUT2D eigenvalue weighted by atomic mass is 10.2. The van der Waals surface area contributed by atoms with Gasteiger partial charge >= 0.3 is 0 Å². The monoisotopic (exact) mass is 534 g/mol. The standard InChI is InChI=1S/C24H27BrN2O3S2/c1-3-14-27(32(29,30)22-11-9-21(25)10-12-22)18-24(28)26(16-20-7-5-4-6-8-20)17-23-19(2)13-15-31-23/h4-13,15H,3,14,16-18H2,1-2H3. The number of benzene rings is 2. The van der Waals surface area contributed by atoms with Gasteiger partial charge in [-0.15, -0.1) is 11.3 Å². The van der Waals surface area contributed by atoms with E-state index >= 15 is 0 Å². The van der Waals surface area contributed by atoms with Gasteiger partial charge in [0.05, 0.1) is 18.0 Å². The number of nitrogens with zero attached hydrogens (tertiary/aromatic N) is 2. The van der Waals surface area contributed by atoms with Gasteiger partial charge in [0, 0.05) is 22.4 Å². The molecule has 0 radical (unpaired) electrons. The fourth-order valence-corrected chi connectivity index (χ4v) is 5.98. The highest BCUT2D eigenvalue weighted by Crippen LogP contribution is 2.22. The molecule has 0 atom stereocenters. The third-order valence-corrected chi connectivity index (χ3v) is 8.50. The molecule has 0 aliphatic carbocycles. The topological polar surface area (TPSA) is 57.7 Å². The molecule has 2 aromatic carbocycles. The van der Waals surface area contributed by atoms with E-state index in [4.69, 9.17) is 0 Å². The zero-order valence-electron chi connectivity index (χ0n) is 18.2. The van der Waals surface area contributed by atoms with Crippen molar-refractivity contribution >= 4 is 43.2 Å². The van der Waals surface area contributed by atoms with Crippen LogP contribution in [0.1, 0.15) is 29.3 Å². The normalized spacial score (nSPS) is 11.6. The number of sulfonamides is 1. The van der Waals surface area contributed by atoms with E-state index < -0.39 is 10.0 Å². The molecule has 0 unspecified atom stereocenters. The molecule has 5 nitrogen and oxygen atoms in total. The van der Waals surface area contributed by atoms with Gasteiger partial charge in [-0.1, -0.05) is 53.2 Å². The molecule has 8 heteroatoms. The lowest BCUT2D eigenvalue weighted by molar-refractivity contribution is -0.132. The molecule has 32 heavy (non-hydrogen) atoms. The molecule has 0 saturated carbocycles. The summed E-state index contributed by atoms with van der Waals surface area (Å²) in [6, 6.07) is 18.3. The first-order valence-corrected chi connectivity index (χ1v) is 13.5. The molecular formula is C24H27BrN2O3S2. The third-order valence-electron chi connectivity index (χ3n) is 5.11. The van der Waals surface area contributed by atoms with Gasteiger partial charge in [0.15, 0.2) is 0 Å². The van der Waals surface area contributed by atoms with Gasteiger partial charge in [-0.05, 0) is 60.2 Å². The van der Waals surface area contributed by atoms with E-state index in [0.29, 0.717) is 19.5 Å². The molecular weight excluding hydrogens is 508 g/mol. The zero-order chi connectivity index (χ0) is 23.1. The predicted molar refractivity (Wildman–Crippen MR) is 133 cm³/mol. The van der Waals surface area contributed by atoms with Crippen molar-refractivity contribution in [3.05, 3.63) is 86.5 Å². The number of thiophene rings is 1. The first-order valence-electron chi connectivity index (χ1n) is 10.4. The number of halogens is 1. The summed E-state index contributed by atoms with van der Waals surface area (Å²) in [6.45, 7) is 4.90. The van der Waals surface area contributed by atoms with E-state index in [1.54, 1.807) is 40.5 Å². The highest BCUT2D eigenvalue weighted by molar-refractivity contribution is 9.10. The van der Waals surface area contributed by atoms with E-state index in [1.165, 1.54) is 4.31 Å². The van der Waals surface area contributed by atoms with Crippen molar-refractivity contribution in [1.29, 1.82) is 0 Å². The summed E-state index contributed by atoms with van der Waals surface area (Å²) < 4.78 is 28.6. The summed E-state index contributed by atoms with van der Waals surface area (Å²) in [5, 5.41) is 2.01. The Morgan fingerprint density at radius 1 is 1.00 bits per heavy atom.